The highest BCUT2D eigenvalue weighted by molar-refractivity contribution is 7.99. The van der Waals surface area contributed by atoms with Gasteiger partial charge >= 0.3 is 5.97 Å². The number of carbonyl (C=O) groups is 2. The van der Waals surface area contributed by atoms with Crippen molar-refractivity contribution < 1.29 is 14.3 Å². The van der Waals surface area contributed by atoms with Crippen molar-refractivity contribution in [2.24, 2.45) is 0 Å². The first kappa shape index (κ1) is 25.9. The number of fused-ring (bicyclic) bond motifs is 1. The van der Waals surface area contributed by atoms with Crippen LogP contribution in [0.4, 0.5) is 5.00 Å². The Labute approximate surface area is 218 Å². The quantitative estimate of drug-likeness (QED) is 0.277. The van der Waals surface area contributed by atoms with Gasteiger partial charge in [-0.25, -0.2) is 4.79 Å². The number of amides is 1. The summed E-state index contributed by atoms with van der Waals surface area (Å²) in [5.41, 5.74) is 4.01. The number of nitrogens with one attached hydrogen (secondary N) is 1. The summed E-state index contributed by atoms with van der Waals surface area (Å²) < 4.78 is 7.14. The Kier molecular flexibility index (Phi) is 8.67. The molecule has 0 radical (unpaired) electrons. The fourth-order valence-corrected chi connectivity index (χ4v) is 7.64. The van der Waals surface area contributed by atoms with E-state index in [1.165, 1.54) is 58.4 Å². The van der Waals surface area contributed by atoms with E-state index in [1.54, 1.807) is 11.3 Å². The molecular formula is C25H32N4O3S3. The Morgan fingerprint density at radius 2 is 1.94 bits per heavy atom. The third-order valence-electron chi connectivity index (χ3n) is 6.38. The number of esters is 1. The Hall–Kier alpha value is -2.17. The normalized spacial score (nSPS) is 13.7. The molecule has 0 unspecified atom stereocenters. The van der Waals surface area contributed by atoms with Gasteiger partial charge in [-0.1, -0.05) is 31.5 Å². The monoisotopic (exact) mass is 532 g/mol. The molecule has 0 aliphatic heterocycles. The number of ether oxygens (including phenoxy) is 1. The second-order valence-corrected chi connectivity index (χ2v) is 11.7. The smallest absolute Gasteiger partial charge is 0.341 e. The summed E-state index contributed by atoms with van der Waals surface area (Å²) in [5.74, 6) is 0.494. The first-order valence-corrected chi connectivity index (χ1v) is 14.8. The van der Waals surface area contributed by atoms with E-state index in [-0.39, 0.29) is 17.6 Å². The predicted molar refractivity (Wildman–Crippen MR) is 144 cm³/mol. The summed E-state index contributed by atoms with van der Waals surface area (Å²) in [4.78, 5) is 28.0. The fourth-order valence-electron chi connectivity index (χ4n) is 4.60. The van der Waals surface area contributed by atoms with Crippen LogP contribution >= 0.6 is 34.4 Å². The van der Waals surface area contributed by atoms with Crippen LogP contribution in [-0.4, -0.2) is 39.5 Å². The molecule has 10 heteroatoms. The average molecular weight is 533 g/mol. The molecule has 1 aliphatic carbocycles. The Balaban J connectivity index is 1.51. The van der Waals surface area contributed by atoms with E-state index < -0.39 is 0 Å². The minimum absolute atomic E-state index is 0.165. The third kappa shape index (κ3) is 5.49. The lowest BCUT2D eigenvalue weighted by atomic mass is 9.96. The van der Waals surface area contributed by atoms with Gasteiger partial charge in [0.05, 0.1) is 18.4 Å². The molecule has 0 atom stereocenters. The predicted octanol–water partition coefficient (Wildman–Crippen LogP) is 6.14. The maximum Gasteiger partial charge on any atom is 0.341 e. The zero-order chi connectivity index (χ0) is 24.9. The highest BCUT2D eigenvalue weighted by Crippen LogP contribution is 2.38. The molecular weight excluding hydrogens is 501 g/mol. The van der Waals surface area contributed by atoms with Gasteiger partial charge in [0.25, 0.3) is 0 Å². The van der Waals surface area contributed by atoms with Crippen LogP contribution in [-0.2, 0) is 35.3 Å². The molecule has 0 saturated heterocycles. The minimum Gasteiger partial charge on any atom is -0.465 e. The zero-order valence-electron chi connectivity index (χ0n) is 20.7. The van der Waals surface area contributed by atoms with E-state index in [4.69, 9.17) is 4.74 Å². The van der Waals surface area contributed by atoms with Gasteiger partial charge in [0.15, 0.2) is 11.0 Å². The first-order chi connectivity index (χ1) is 17.0. The molecule has 7 nitrogen and oxygen atoms in total. The summed E-state index contributed by atoms with van der Waals surface area (Å²) in [5, 5.41) is 15.3. The molecule has 3 heterocycles. The molecule has 1 N–H and O–H groups in total. The van der Waals surface area contributed by atoms with Crippen LogP contribution in [0.3, 0.4) is 0 Å². The maximum absolute atomic E-state index is 12.9. The molecule has 4 rings (SSSR count). The number of methoxy groups -OCH3 is 1. The largest absolute Gasteiger partial charge is 0.465 e. The van der Waals surface area contributed by atoms with Crippen molar-refractivity contribution in [2.45, 2.75) is 77.4 Å². The first-order valence-electron chi connectivity index (χ1n) is 12.1. The topological polar surface area (TPSA) is 86.1 Å². The number of carbonyl (C=O) groups excluding carboxylic acids is 2. The molecule has 0 spiro atoms. The van der Waals surface area contributed by atoms with Gasteiger partial charge in [0, 0.05) is 27.2 Å². The van der Waals surface area contributed by atoms with Crippen molar-refractivity contribution in [1.82, 2.24) is 14.8 Å². The fraction of sp³-hybridized carbons (Fsp3) is 0.520. The summed E-state index contributed by atoms with van der Waals surface area (Å²) in [6.45, 7) is 7.06. The molecule has 35 heavy (non-hydrogen) atoms. The van der Waals surface area contributed by atoms with Crippen molar-refractivity contribution in [2.75, 3.05) is 18.2 Å². The molecule has 3 aromatic rings. The van der Waals surface area contributed by atoms with Crippen LogP contribution in [0.5, 0.6) is 0 Å². The molecule has 1 aliphatic rings. The highest BCUT2D eigenvalue weighted by atomic mass is 32.2. The molecule has 188 valence electrons. The SMILES string of the molecule is CCc1c(-c2nnc(SCC(=O)Nc3sc4c(c3C(=O)OC)CCCCCC4)n2CC)csc1C. The Morgan fingerprint density at radius 1 is 1.17 bits per heavy atom. The maximum atomic E-state index is 12.9. The van der Waals surface area contributed by atoms with Crippen molar-refractivity contribution in [3.63, 3.8) is 0 Å². The number of thiophene rings is 2. The lowest BCUT2D eigenvalue weighted by molar-refractivity contribution is -0.113. The van der Waals surface area contributed by atoms with Crippen molar-refractivity contribution in [1.29, 1.82) is 0 Å². The average Bonchev–Trinajstić information content (AvgIpc) is 3.51. The van der Waals surface area contributed by atoms with E-state index >= 15 is 0 Å². The van der Waals surface area contributed by atoms with Crippen LogP contribution in [0.15, 0.2) is 10.5 Å². The molecule has 3 aromatic heterocycles. The highest BCUT2D eigenvalue weighted by Gasteiger charge is 2.26. The van der Waals surface area contributed by atoms with Gasteiger partial charge in [0.1, 0.15) is 5.00 Å². The molecule has 0 aromatic carbocycles. The standard InChI is InChI=1S/C25H32N4O3S3/c1-5-16-15(3)33-13-18(16)22-27-28-25(29(22)6-2)34-14-20(30)26-23-21(24(31)32-4)17-11-9-7-8-10-12-19(17)35-23/h13H,5-12,14H2,1-4H3,(H,26,30). The number of anilines is 1. The van der Waals surface area contributed by atoms with Crippen molar-refractivity contribution in [3.8, 4) is 11.4 Å². The van der Waals surface area contributed by atoms with Gasteiger partial charge in [0.2, 0.25) is 5.91 Å². The lowest BCUT2D eigenvalue weighted by Gasteiger charge is -2.11. The number of hydrogen-bond donors (Lipinski definition) is 1. The summed E-state index contributed by atoms with van der Waals surface area (Å²) in [6, 6.07) is 0. The number of hydrogen-bond acceptors (Lipinski definition) is 8. The molecule has 0 bridgehead atoms. The number of aromatic nitrogens is 3. The summed E-state index contributed by atoms with van der Waals surface area (Å²) >= 11 is 4.61. The van der Waals surface area contributed by atoms with Gasteiger partial charge in [-0.3, -0.25) is 4.79 Å². The molecule has 0 fully saturated rings. The van der Waals surface area contributed by atoms with E-state index in [2.05, 4.69) is 46.2 Å². The van der Waals surface area contributed by atoms with Crippen LogP contribution in [0.25, 0.3) is 11.4 Å². The minimum atomic E-state index is -0.376. The van der Waals surface area contributed by atoms with E-state index in [0.717, 1.165) is 54.2 Å². The molecule has 1 amide bonds. The Bertz CT molecular complexity index is 1210. The van der Waals surface area contributed by atoms with Gasteiger partial charge in [-0.05, 0) is 57.1 Å². The Morgan fingerprint density at radius 3 is 2.66 bits per heavy atom. The third-order valence-corrected chi connectivity index (χ3v) is 9.50. The van der Waals surface area contributed by atoms with E-state index in [0.29, 0.717) is 17.1 Å². The van der Waals surface area contributed by atoms with Gasteiger partial charge in [-0.15, -0.1) is 32.9 Å². The van der Waals surface area contributed by atoms with E-state index in [9.17, 15) is 9.59 Å². The second-order valence-electron chi connectivity index (χ2n) is 8.54. The number of thioether (sulfide) groups is 1. The number of aryl methyl sites for hydroxylation is 2. The van der Waals surface area contributed by atoms with Gasteiger partial charge < -0.3 is 14.6 Å². The second kappa shape index (κ2) is 11.7. The van der Waals surface area contributed by atoms with Crippen LogP contribution in [0.1, 0.15) is 70.8 Å². The summed E-state index contributed by atoms with van der Waals surface area (Å²) in [7, 11) is 1.39. The van der Waals surface area contributed by atoms with Crippen molar-refractivity contribution >= 4 is 51.3 Å². The van der Waals surface area contributed by atoms with Crippen LogP contribution in [0.2, 0.25) is 0 Å². The van der Waals surface area contributed by atoms with Crippen molar-refractivity contribution in [3.05, 3.63) is 31.8 Å². The summed E-state index contributed by atoms with van der Waals surface area (Å²) in [6.07, 6.45) is 7.27. The van der Waals surface area contributed by atoms with Gasteiger partial charge in [-0.2, -0.15) is 0 Å². The zero-order valence-corrected chi connectivity index (χ0v) is 23.2. The number of rotatable bonds is 8. The van der Waals surface area contributed by atoms with E-state index in [1.807, 2.05) is 0 Å². The lowest BCUT2D eigenvalue weighted by Crippen LogP contribution is -2.17. The van der Waals surface area contributed by atoms with Crippen LogP contribution in [0, 0.1) is 6.92 Å². The number of nitrogens with zero attached hydrogens (tertiary/aromatic N) is 3. The molecule has 0 saturated carbocycles. The van der Waals surface area contributed by atoms with Crippen LogP contribution < -0.4 is 5.32 Å².